The fraction of sp³-hybridized carbons (Fsp3) is 0.545. The molecular formula is C11H16ClN3. The molecule has 0 aromatic carbocycles. The molecule has 0 aliphatic heterocycles. The van der Waals surface area contributed by atoms with Crippen LogP contribution < -0.4 is 11.1 Å². The second kappa shape index (κ2) is 4.81. The van der Waals surface area contributed by atoms with E-state index >= 15 is 0 Å². The second-order valence-corrected chi connectivity index (χ2v) is 4.53. The molecule has 0 saturated heterocycles. The zero-order valence-electron chi connectivity index (χ0n) is 8.62. The number of hydrogen-bond acceptors (Lipinski definition) is 3. The van der Waals surface area contributed by atoms with Gasteiger partial charge in [0.2, 0.25) is 0 Å². The molecule has 82 valence electrons. The summed E-state index contributed by atoms with van der Waals surface area (Å²) in [6, 6.07) is 2.56. The van der Waals surface area contributed by atoms with Gasteiger partial charge in [-0.05, 0) is 31.7 Å². The number of nitrogens with two attached hydrogens (primary N) is 1. The van der Waals surface area contributed by atoms with Crippen LogP contribution in [0.1, 0.15) is 25.7 Å². The average Bonchev–Trinajstić information content (AvgIpc) is 2.22. The van der Waals surface area contributed by atoms with Crippen molar-refractivity contribution in [2.24, 2.45) is 5.73 Å². The molecular weight excluding hydrogens is 210 g/mol. The standard InChI is InChI=1S/C11H16ClN3/c12-10-4-5-14-7-11(10)15-9-3-1-2-8(13)6-9/h4-5,7-9,15H,1-3,6,13H2. The van der Waals surface area contributed by atoms with E-state index < -0.39 is 0 Å². The number of hydrogen-bond donors (Lipinski definition) is 2. The molecule has 3 N–H and O–H groups in total. The maximum Gasteiger partial charge on any atom is 0.0718 e. The number of aromatic nitrogens is 1. The Hall–Kier alpha value is -0.800. The van der Waals surface area contributed by atoms with Gasteiger partial charge in [0.1, 0.15) is 0 Å². The van der Waals surface area contributed by atoms with Crippen LogP contribution >= 0.6 is 11.6 Å². The van der Waals surface area contributed by atoms with E-state index in [-0.39, 0.29) is 0 Å². The van der Waals surface area contributed by atoms with E-state index in [1.165, 1.54) is 12.8 Å². The van der Waals surface area contributed by atoms with Crippen molar-refractivity contribution in [3.05, 3.63) is 23.5 Å². The molecule has 1 heterocycles. The average molecular weight is 226 g/mol. The van der Waals surface area contributed by atoms with Gasteiger partial charge in [0.25, 0.3) is 0 Å². The van der Waals surface area contributed by atoms with E-state index in [2.05, 4.69) is 10.3 Å². The largest absolute Gasteiger partial charge is 0.380 e. The van der Waals surface area contributed by atoms with Crippen LogP contribution in [0, 0.1) is 0 Å². The molecule has 2 unspecified atom stereocenters. The summed E-state index contributed by atoms with van der Waals surface area (Å²) in [5, 5.41) is 4.13. The lowest BCUT2D eigenvalue weighted by molar-refractivity contribution is 0.409. The summed E-state index contributed by atoms with van der Waals surface area (Å²) >= 11 is 6.05. The molecule has 0 radical (unpaired) electrons. The molecule has 2 rings (SSSR count). The first-order valence-corrected chi connectivity index (χ1v) is 5.75. The van der Waals surface area contributed by atoms with Gasteiger partial charge in [-0.2, -0.15) is 0 Å². The number of anilines is 1. The van der Waals surface area contributed by atoms with E-state index in [0.29, 0.717) is 12.1 Å². The van der Waals surface area contributed by atoms with Crippen LogP contribution in [0.2, 0.25) is 5.02 Å². The topological polar surface area (TPSA) is 50.9 Å². The summed E-state index contributed by atoms with van der Waals surface area (Å²) < 4.78 is 0. The highest BCUT2D eigenvalue weighted by Gasteiger charge is 2.19. The van der Waals surface area contributed by atoms with Gasteiger partial charge in [-0.1, -0.05) is 11.6 Å². The van der Waals surface area contributed by atoms with Crippen molar-refractivity contribution in [3.8, 4) is 0 Å². The van der Waals surface area contributed by atoms with E-state index in [4.69, 9.17) is 17.3 Å². The van der Waals surface area contributed by atoms with Gasteiger partial charge in [-0.15, -0.1) is 0 Å². The third kappa shape index (κ3) is 2.83. The zero-order chi connectivity index (χ0) is 10.7. The molecule has 0 amide bonds. The molecule has 0 spiro atoms. The van der Waals surface area contributed by atoms with Gasteiger partial charge < -0.3 is 11.1 Å². The van der Waals surface area contributed by atoms with Gasteiger partial charge in [-0.3, -0.25) is 4.98 Å². The predicted octanol–water partition coefficient (Wildman–Crippen LogP) is 2.42. The van der Waals surface area contributed by atoms with Gasteiger partial charge in [0.05, 0.1) is 16.9 Å². The first-order valence-electron chi connectivity index (χ1n) is 5.37. The number of pyridine rings is 1. The predicted molar refractivity (Wildman–Crippen MR) is 63.1 cm³/mol. The Labute approximate surface area is 95.0 Å². The Balaban J connectivity index is 1.99. The number of halogens is 1. The Morgan fingerprint density at radius 3 is 3.07 bits per heavy atom. The minimum absolute atomic E-state index is 0.326. The fourth-order valence-electron chi connectivity index (χ4n) is 2.06. The molecule has 1 aliphatic carbocycles. The molecule has 1 fully saturated rings. The molecule has 4 heteroatoms. The minimum Gasteiger partial charge on any atom is -0.380 e. The molecule has 15 heavy (non-hydrogen) atoms. The molecule has 1 saturated carbocycles. The first-order chi connectivity index (χ1) is 7.25. The summed E-state index contributed by atoms with van der Waals surface area (Å²) in [6.45, 7) is 0. The van der Waals surface area contributed by atoms with E-state index in [0.717, 1.165) is 23.6 Å². The quantitative estimate of drug-likeness (QED) is 0.813. The van der Waals surface area contributed by atoms with Crippen molar-refractivity contribution < 1.29 is 0 Å². The maximum absolute atomic E-state index is 6.05. The highest BCUT2D eigenvalue weighted by atomic mass is 35.5. The molecule has 1 aromatic heterocycles. The lowest BCUT2D eigenvalue weighted by atomic mass is 9.91. The van der Waals surface area contributed by atoms with E-state index in [1.807, 2.05) is 0 Å². The summed E-state index contributed by atoms with van der Waals surface area (Å²) in [5.74, 6) is 0. The van der Waals surface area contributed by atoms with E-state index in [1.54, 1.807) is 18.5 Å². The summed E-state index contributed by atoms with van der Waals surface area (Å²) in [4.78, 5) is 4.05. The third-order valence-corrected chi connectivity index (χ3v) is 3.17. The first kappa shape index (κ1) is 10.7. The van der Waals surface area contributed by atoms with Crippen LogP contribution in [0.4, 0.5) is 5.69 Å². The lowest BCUT2D eigenvalue weighted by Gasteiger charge is -2.28. The molecule has 1 aliphatic rings. The Kier molecular flexibility index (Phi) is 3.44. The molecule has 2 atom stereocenters. The van der Waals surface area contributed by atoms with Crippen molar-refractivity contribution in [3.63, 3.8) is 0 Å². The van der Waals surface area contributed by atoms with Gasteiger partial charge in [0.15, 0.2) is 0 Å². The molecule has 1 aromatic rings. The van der Waals surface area contributed by atoms with Crippen LogP contribution in [0.25, 0.3) is 0 Å². The lowest BCUT2D eigenvalue weighted by Crippen LogP contribution is -2.34. The molecule has 0 bridgehead atoms. The molecule has 3 nitrogen and oxygen atoms in total. The monoisotopic (exact) mass is 225 g/mol. The normalized spacial score (nSPS) is 26.3. The second-order valence-electron chi connectivity index (χ2n) is 4.12. The summed E-state index contributed by atoms with van der Waals surface area (Å²) in [6.07, 6.45) is 7.97. The Morgan fingerprint density at radius 2 is 2.33 bits per heavy atom. The van der Waals surface area contributed by atoms with Crippen LogP contribution in [-0.4, -0.2) is 17.1 Å². The van der Waals surface area contributed by atoms with Crippen LogP contribution in [-0.2, 0) is 0 Å². The van der Waals surface area contributed by atoms with Crippen LogP contribution in [0.3, 0.4) is 0 Å². The van der Waals surface area contributed by atoms with Crippen molar-refractivity contribution in [1.29, 1.82) is 0 Å². The highest BCUT2D eigenvalue weighted by molar-refractivity contribution is 6.33. The van der Waals surface area contributed by atoms with Crippen molar-refractivity contribution >= 4 is 17.3 Å². The van der Waals surface area contributed by atoms with Gasteiger partial charge in [0, 0.05) is 18.3 Å². The number of nitrogens with zero attached hydrogens (tertiary/aromatic N) is 1. The highest BCUT2D eigenvalue weighted by Crippen LogP contribution is 2.25. The van der Waals surface area contributed by atoms with E-state index in [9.17, 15) is 0 Å². The Morgan fingerprint density at radius 1 is 1.47 bits per heavy atom. The maximum atomic E-state index is 6.05. The summed E-state index contributed by atoms with van der Waals surface area (Å²) in [5.41, 5.74) is 6.84. The van der Waals surface area contributed by atoms with Crippen molar-refractivity contribution in [2.45, 2.75) is 37.8 Å². The van der Waals surface area contributed by atoms with Crippen molar-refractivity contribution in [1.82, 2.24) is 4.98 Å². The third-order valence-electron chi connectivity index (χ3n) is 2.84. The Bertz CT molecular complexity index is 329. The van der Waals surface area contributed by atoms with Gasteiger partial charge in [-0.25, -0.2) is 0 Å². The SMILES string of the molecule is NC1CCCC(Nc2cnccc2Cl)C1. The number of nitrogens with one attached hydrogen (secondary N) is 1. The van der Waals surface area contributed by atoms with Crippen molar-refractivity contribution in [2.75, 3.05) is 5.32 Å². The van der Waals surface area contributed by atoms with Gasteiger partial charge >= 0.3 is 0 Å². The van der Waals surface area contributed by atoms with Crippen LogP contribution in [0.5, 0.6) is 0 Å². The zero-order valence-corrected chi connectivity index (χ0v) is 9.37. The fourth-order valence-corrected chi connectivity index (χ4v) is 2.22. The number of rotatable bonds is 2. The minimum atomic E-state index is 0.326. The smallest absolute Gasteiger partial charge is 0.0718 e. The summed E-state index contributed by atoms with van der Waals surface area (Å²) in [7, 11) is 0. The van der Waals surface area contributed by atoms with Crippen LogP contribution in [0.15, 0.2) is 18.5 Å².